The van der Waals surface area contributed by atoms with Gasteiger partial charge in [-0.05, 0) is 105 Å². The fraction of sp³-hybridized carbons (Fsp3) is 0.571. The van der Waals surface area contributed by atoms with Gasteiger partial charge in [-0.15, -0.1) is 0 Å². The van der Waals surface area contributed by atoms with E-state index in [1.54, 1.807) is 25.7 Å². The molecule has 300 valence electrons. The first-order chi connectivity index (χ1) is 25.8. The lowest BCUT2D eigenvalue weighted by Crippen LogP contribution is -2.43. The van der Waals surface area contributed by atoms with Gasteiger partial charge in [-0.3, -0.25) is 9.80 Å². The predicted molar refractivity (Wildman–Crippen MR) is 210 cm³/mol. The Morgan fingerprint density at radius 2 is 1.33 bits per heavy atom. The first-order valence-electron chi connectivity index (χ1n) is 19.3. The maximum Gasteiger partial charge on any atom is 0.411 e. The van der Waals surface area contributed by atoms with Crippen LogP contribution in [0.25, 0.3) is 0 Å². The van der Waals surface area contributed by atoms with Crippen LogP contribution in [0.3, 0.4) is 0 Å². The van der Waals surface area contributed by atoms with Crippen molar-refractivity contribution in [1.82, 2.24) is 19.9 Å². The molecule has 2 aromatic carbocycles. The summed E-state index contributed by atoms with van der Waals surface area (Å²) >= 11 is 0. The summed E-state index contributed by atoms with van der Waals surface area (Å²) in [4.78, 5) is 49.9. The minimum absolute atomic E-state index is 0.0824. The molecule has 0 radical (unpaired) electrons. The van der Waals surface area contributed by atoms with Crippen molar-refractivity contribution in [2.24, 2.45) is 16.8 Å². The van der Waals surface area contributed by atoms with E-state index in [0.29, 0.717) is 44.1 Å². The Kier molecular flexibility index (Phi) is 14.5. The minimum atomic E-state index is -0.696. The average Bonchev–Trinajstić information content (AvgIpc) is 3.89. The van der Waals surface area contributed by atoms with Gasteiger partial charge in [0.2, 0.25) is 5.89 Å². The Bertz CT molecular complexity index is 1760. The highest BCUT2D eigenvalue weighted by Crippen LogP contribution is 2.33. The number of nitrogens with zero attached hydrogens (tertiary/aromatic N) is 5. The lowest BCUT2D eigenvalue weighted by Gasteiger charge is -2.27. The molecule has 3 aromatic rings. The van der Waals surface area contributed by atoms with Crippen molar-refractivity contribution < 1.29 is 33.2 Å². The molecule has 2 saturated heterocycles. The van der Waals surface area contributed by atoms with Gasteiger partial charge in [0.05, 0.1) is 0 Å². The first kappa shape index (κ1) is 42.8. The van der Waals surface area contributed by atoms with Crippen molar-refractivity contribution in [3.05, 3.63) is 82.5 Å². The molecule has 0 unspecified atom stereocenters. The number of benzene rings is 2. The summed E-state index contributed by atoms with van der Waals surface area (Å²) in [6.07, 6.45) is 3.65. The van der Waals surface area contributed by atoms with E-state index in [2.05, 4.69) is 53.4 Å². The van der Waals surface area contributed by atoms with Gasteiger partial charge in [0.25, 0.3) is 0 Å². The average molecular weight is 761 g/mol. The van der Waals surface area contributed by atoms with E-state index in [1.807, 2.05) is 58.9 Å². The van der Waals surface area contributed by atoms with Gasteiger partial charge in [-0.25, -0.2) is 14.4 Å². The van der Waals surface area contributed by atoms with Gasteiger partial charge >= 0.3 is 18.2 Å². The zero-order valence-corrected chi connectivity index (χ0v) is 34.3. The third-order valence-electron chi connectivity index (χ3n) is 9.29. The summed E-state index contributed by atoms with van der Waals surface area (Å²) in [6, 6.07) is 15.8. The third-order valence-corrected chi connectivity index (χ3v) is 9.29. The molecule has 4 atom stereocenters. The second-order valence-corrected chi connectivity index (χ2v) is 16.8. The smallest absolute Gasteiger partial charge is 0.411 e. The number of carbonyl (C=O) groups excluding carboxylic acids is 3. The Hall–Kier alpha value is -4.94. The van der Waals surface area contributed by atoms with Crippen LogP contribution in [0.1, 0.15) is 127 Å². The number of hydrogen-bond acceptors (Lipinski definition) is 10. The van der Waals surface area contributed by atoms with Crippen molar-refractivity contribution >= 4 is 24.0 Å². The highest BCUT2D eigenvalue weighted by molar-refractivity contribution is 5.85. The van der Waals surface area contributed by atoms with E-state index in [0.717, 1.165) is 24.8 Å². The fourth-order valence-electron chi connectivity index (χ4n) is 6.30. The number of carbonyl (C=O) groups is 3. The van der Waals surface area contributed by atoms with E-state index in [-0.39, 0.29) is 29.8 Å². The van der Waals surface area contributed by atoms with E-state index in [9.17, 15) is 14.4 Å². The van der Waals surface area contributed by atoms with Crippen LogP contribution in [0.4, 0.5) is 9.59 Å². The standard InChI is InChI=1S/C21H31N3O4.C21H29N3O3/c1-14-8-10-16(11-9-14)13-15(2)18(22)23-28-19(25)17-7-6-12-24(17)20(26)27-21(3,4)5;1-14-8-10-16(11-9-14)13-15(2)18-22-19(27-23-18)17-7-6-12-24(17)20(25)26-21(3,4)5/h8-11,15,17H,6-7,12-13H2,1-5H3,(H2,22,23);8-11,15,17H,6-7,12-13H2,1-5H3/t2*15-,17-/m00/s1. The topological polar surface area (TPSA) is 163 Å². The Balaban J connectivity index is 0.000000245. The molecule has 2 N–H and O–H groups in total. The SMILES string of the molecule is Cc1ccc(C[C@H](C)/C(N)=N/OC(=O)[C@@H]2CCCN2C(=O)OC(C)(C)C)cc1.Cc1ccc(C[C@H](C)c2noc([C@@H]3CCCN3C(=O)OC(C)(C)C)n2)cc1. The van der Waals surface area contributed by atoms with Crippen LogP contribution in [0.2, 0.25) is 0 Å². The molecule has 2 fully saturated rings. The molecule has 0 spiro atoms. The second kappa shape index (κ2) is 18.6. The lowest BCUT2D eigenvalue weighted by atomic mass is 9.99. The highest BCUT2D eigenvalue weighted by atomic mass is 16.7. The summed E-state index contributed by atoms with van der Waals surface area (Å²) in [5, 5.41) is 7.99. The summed E-state index contributed by atoms with van der Waals surface area (Å²) in [5.74, 6) is 0.901. The summed E-state index contributed by atoms with van der Waals surface area (Å²) < 4.78 is 16.4. The molecular formula is C42H60N6O7. The van der Waals surface area contributed by atoms with Crippen molar-refractivity contribution in [3.63, 3.8) is 0 Å². The Morgan fingerprint density at radius 1 is 0.818 bits per heavy atom. The van der Waals surface area contributed by atoms with E-state index in [4.69, 9.17) is 24.6 Å². The molecule has 13 nitrogen and oxygen atoms in total. The van der Waals surface area contributed by atoms with E-state index >= 15 is 0 Å². The van der Waals surface area contributed by atoms with Crippen LogP contribution in [-0.2, 0) is 31.9 Å². The van der Waals surface area contributed by atoms with Crippen molar-refractivity contribution in [2.75, 3.05) is 13.1 Å². The summed E-state index contributed by atoms with van der Waals surface area (Å²) in [5.41, 5.74) is 9.66. The van der Waals surface area contributed by atoms with Crippen LogP contribution >= 0.6 is 0 Å². The van der Waals surface area contributed by atoms with Crippen LogP contribution in [0.5, 0.6) is 0 Å². The van der Waals surface area contributed by atoms with Crippen LogP contribution in [0, 0.1) is 19.8 Å². The molecular weight excluding hydrogens is 700 g/mol. The molecule has 0 saturated carbocycles. The molecule has 2 amide bonds. The monoisotopic (exact) mass is 760 g/mol. The fourth-order valence-corrected chi connectivity index (χ4v) is 6.30. The number of nitrogens with two attached hydrogens (primary N) is 1. The number of amides is 2. The van der Waals surface area contributed by atoms with Crippen LogP contribution < -0.4 is 5.73 Å². The molecule has 3 heterocycles. The first-order valence-corrected chi connectivity index (χ1v) is 19.3. The van der Waals surface area contributed by atoms with Gasteiger partial charge in [0.1, 0.15) is 29.1 Å². The van der Waals surface area contributed by atoms with Crippen molar-refractivity contribution in [1.29, 1.82) is 0 Å². The van der Waals surface area contributed by atoms with Crippen molar-refractivity contribution in [3.8, 4) is 0 Å². The van der Waals surface area contributed by atoms with Gasteiger partial charge in [0.15, 0.2) is 5.82 Å². The second-order valence-electron chi connectivity index (χ2n) is 16.8. The van der Waals surface area contributed by atoms with Crippen LogP contribution in [0.15, 0.2) is 58.2 Å². The van der Waals surface area contributed by atoms with Crippen molar-refractivity contribution in [2.45, 2.75) is 137 Å². The molecule has 1 aromatic heterocycles. The zero-order chi connectivity index (χ0) is 40.5. The highest BCUT2D eigenvalue weighted by Gasteiger charge is 2.39. The maximum absolute atomic E-state index is 12.5. The number of rotatable bonds is 9. The lowest BCUT2D eigenvalue weighted by molar-refractivity contribution is -0.148. The number of likely N-dealkylation sites (tertiary alicyclic amines) is 2. The van der Waals surface area contributed by atoms with Crippen LogP contribution in [-0.4, -0.2) is 74.3 Å². The Morgan fingerprint density at radius 3 is 1.89 bits per heavy atom. The summed E-state index contributed by atoms with van der Waals surface area (Å²) in [7, 11) is 0. The molecule has 0 aliphatic carbocycles. The maximum atomic E-state index is 12.5. The number of amidine groups is 1. The normalized spacial score (nSPS) is 18.6. The quantitative estimate of drug-likeness (QED) is 0.0974. The largest absolute Gasteiger partial charge is 0.444 e. The van der Waals surface area contributed by atoms with Gasteiger partial charge < -0.3 is 24.6 Å². The number of aromatic nitrogens is 2. The third kappa shape index (κ3) is 13.1. The number of ether oxygens (including phenoxy) is 2. The van der Waals surface area contributed by atoms with Gasteiger partial charge in [-0.2, -0.15) is 4.98 Å². The number of oxime groups is 1. The van der Waals surface area contributed by atoms with E-state index in [1.165, 1.54) is 21.6 Å². The Labute approximate surface area is 325 Å². The zero-order valence-electron chi connectivity index (χ0n) is 34.3. The summed E-state index contributed by atoms with van der Waals surface area (Å²) in [6.45, 7) is 20.2. The molecule has 5 rings (SSSR count). The minimum Gasteiger partial charge on any atom is -0.444 e. The number of hydrogen-bond donors (Lipinski definition) is 1. The molecule has 2 aliphatic rings. The van der Waals surface area contributed by atoms with Gasteiger partial charge in [-0.1, -0.05) is 83.8 Å². The van der Waals surface area contributed by atoms with Gasteiger partial charge in [0, 0.05) is 24.9 Å². The molecule has 55 heavy (non-hydrogen) atoms. The molecule has 0 bridgehead atoms. The molecule has 13 heteroatoms. The number of aryl methyl sites for hydroxylation is 2. The molecule has 2 aliphatic heterocycles. The van der Waals surface area contributed by atoms with E-state index < -0.39 is 29.3 Å². The predicted octanol–water partition coefficient (Wildman–Crippen LogP) is 8.18.